The summed E-state index contributed by atoms with van der Waals surface area (Å²) in [5.74, 6) is 0.0384. The summed E-state index contributed by atoms with van der Waals surface area (Å²) < 4.78 is 0. The largest absolute Gasteiger partial charge is 0.480 e. The van der Waals surface area contributed by atoms with Crippen molar-refractivity contribution in [1.82, 2.24) is 5.32 Å². The highest BCUT2D eigenvalue weighted by Crippen LogP contribution is 2.40. The topological polar surface area (TPSA) is 49.3 Å². The van der Waals surface area contributed by atoms with Gasteiger partial charge >= 0.3 is 5.97 Å². The Morgan fingerprint density at radius 3 is 2.33 bits per heavy atom. The number of thioether (sulfide) groups is 1. The van der Waals surface area contributed by atoms with E-state index in [2.05, 4.69) is 5.32 Å². The molecule has 15 heavy (non-hydrogen) atoms. The molecule has 2 aliphatic rings. The minimum Gasteiger partial charge on any atom is -0.480 e. The molecule has 2 N–H and O–H groups in total. The maximum absolute atomic E-state index is 10.9. The molecule has 86 valence electrons. The van der Waals surface area contributed by atoms with Gasteiger partial charge in [0.15, 0.2) is 0 Å². The number of carboxylic acids is 1. The number of nitrogens with one attached hydrogen (secondary N) is 1. The van der Waals surface area contributed by atoms with Gasteiger partial charge in [0.1, 0.15) is 6.04 Å². The first-order valence-electron chi connectivity index (χ1n) is 5.86. The summed E-state index contributed by atoms with van der Waals surface area (Å²) in [6.07, 6.45) is 8.73. The molecule has 1 aliphatic carbocycles. The average Bonchev–Trinajstić information content (AvgIpc) is 2.57. The molecule has 1 heterocycles. The minimum absolute atomic E-state index is 0.0868. The fourth-order valence-corrected chi connectivity index (χ4v) is 4.06. The molecule has 3 nitrogen and oxygen atoms in total. The molecule has 0 unspecified atom stereocenters. The summed E-state index contributed by atoms with van der Waals surface area (Å²) in [6, 6.07) is -0.325. The summed E-state index contributed by atoms with van der Waals surface area (Å²) in [5, 5.41) is 12.3. The second-order valence-electron chi connectivity index (χ2n) is 4.61. The fourth-order valence-electron chi connectivity index (χ4n) is 2.54. The van der Waals surface area contributed by atoms with Gasteiger partial charge in [-0.1, -0.05) is 32.1 Å². The Bertz CT molecular complexity index is 237. The van der Waals surface area contributed by atoms with Crippen LogP contribution in [0.4, 0.5) is 0 Å². The highest BCUT2D eigenvalue weighted by atomic mass is 32.2. The van der Waals surface area contributed by atoms with Crippen molar-refractivity contribution in [3.63, 3.8) is 0 Å². The van der Waals surface area contributed by atoms with Gasteiger partial charge in [0.05, 0.1) is 4.87 Å². The molecule has 1 aliphatic heterocycles. The van der Waals surface area contributed by atoms with Gasteiger partial charge in [-0.15, -0.1) is 11.8 Å². The van der Waals surface area contributed by atoms with E-state index in [1.807, 2.05) is 11.8 Å². The van der Waals surface area contributed by atoms with Crippen LogP contribution in [0.1, 0.15) is 44.9 Å². The van der Waals surface area contributed by atoms with E-state index in [1.165, 1.54) is 32.1 Å². The minimum atomic E-state index is -0.693. The molecule has 0 radical (unpaired) electrons. The van der Waals surface area contributed by atoms with Gasteiger partial charge < -0.3 is 5.11 Å². The standard InChI is InChI=1S/C11H19NO2S/c13-10(14)9-8-15-11(12-9)6-4-2-1-3-5-7-11/h9,12H,1-8H2,(H,13,14)/t9-/m1/s1. The average molecular weight is 229 g/mol. The van der Waals surface area contributed by atoms with E-state index in [0.29, 0.717) is 0 Å². The first kappa shape index (κ1) is 11.3. The van der Waals surface area contributed by atoms with Crippen LogP contribution in [0.3, 0.4) is 0 Å². The van der Waals surface area contributed by atoms with E-state index in [9.17, 15) is 4.79 Å². The Morgan fingerprint density at radius 2 is 1.80 bits per heavy atom. The number of aliphatic carboxylic acids is 1. The van der Waals surface area contributed by atoms with Crippen LogP contribution in [0.2, 0.25) is 0 Å². The number of carbonyl (C=O) groups is 1. The normalized spacial score (nSPS) is 31.1. The summed E-state index contributed by atoms with van der Waals surface area (Å²) in [4.78, 5) is 11.0. The van der Waals surface area contributed by atoms with E-state index in [0.717, 1.165) is 18.6 Å². The highest BCUT2D eigenvalue weighted by molar-refractivity contribution is 8.00. The van der Waals surface area contributed by atoms with Crippen molar-refractivity contribution in [2.75, 3.05) is 5.75 Å². The lowest BCUT2D eigenvalue weighted by molar-refractivity contribution is -0.138. The molecule has 0 aromatic carbocycles. The smallest absolute Gasteiger partial charge is 0.321 e. The number of hydrogen-bond acceptors (Lipinski definition) is 3. The summed E-state index contributed by atoms with van der Waals surface area (Å²) in [5.41, 5.74) is 0. The van der Waals surface area contributed by atoms with Crippen molar-refractivity contribution >= 4 is 17.7 Å². The van der Waals surface area contributed by atoms with Crippen LogP contribution in [0.25, 0.3) is 0 Å². The Hall–Kier alpha value is -0.220. The maximum Gasteiger partial charge on any atom is 0.321 e. The monoisotopic (exact) mass is 229 g/mol. The van der Waals surface area contributed by atoms with E-state index in [1.54, 1.807) is 0 Å². The Balaban J connectivity index is 1.96. The molecule has 2 rings (SSSR count). The first-order valence-corrected chi connectivity index (χ1v) is 6.85. The van der Waals surface area contributed by atoms with Gasteiger partial charge in [-0.25, -0.2) is 0 Å². The van der Waals surface area contributed by atoms with Gasteiger partial charge in [-0.05, 0) is 12.8 Å². The van der Waals surface area contributed by atoms with Crippen molar-refractivity contribution in [2.24, 2.45) is 0 Å². The lowest BCUT2D eigenvalue weighted by atomic mass is 9.95. The number of rotatable bonds is 1. The summed E-state index contributed by atoms with van der Waals surface area (Å²) in [7, 11) is 0. The maximum atomic E-state index is 10.9. The van der Waals surface area contributed by atoms with E-state index in [4.69, 9.17) is 5.11 Å². The zero-order valence-electron chi connectivity index (χ0n) is 9.00. The third-order valence-corrected chi connectivity index (χ3v) is 5.00. The summed E-state index contributed by atoms with van der Waals surface area (Å²) >= 11 is 1.83. The van der Waals surface area contributed by atoms with E-state index < -0.39 is 5.97 Å². The highest BCUT2D eigenvalue weighted by Gasteiger charge is 2.41. The van der Waals surface area contributed by atoms with E-state index >= 15 is 0 Å². The Labute approximate surface area is 95.0 Å². The zero-order valence-corrected chi connectivity index (χ0v) is 9.81. The second-order valence-corrected chi connectivity index (χ2v) is 6.01. The van der Waals surface area contributed by atoms with Crippen molar-refractivity contribution < 1.29 is 9.90 Å². The molecule has 1 spiro atoms. The molecular formula is C11H19NO2S. The molecular weight excluding hydrogens is 210 g/mol. The Morgan fingerprint density at radius 1 is 1.20 bits per heavy atom. The number of carboxylic acid groups (broad SMARTS) is 1. The van der Waals surface area contributed by atoms with Gasteiger partial charge in [-0.3, -0.25) is 10.1 Å². The van der Waals surface area contributed by atoms with Gasteiger partial charge in [0, 0.05) is 5.75 Å². The van der Waals surface area contributed by atoms with Crippen LogP contribution in [0, 0.1) is 0 Å². The lowest BCUT2D eigenvalue weighted by Crippen LogP contribution is -2.45. The molecule has 0 bridgehead atoms. The SMILES string of the molecule is O=C(O)[C@H]1CSC2(CCCCCCC2)N1. The van der Waals surface area contributed by atoms with Gasteiger partial charge in [0.2, 0.25) is 0 Å². The molecule has 0 aromatic heterocycles. The third-order valence-electron chi connectivity index (χ3n) is 3.42. The lowest BCUT2D eigenvalue weighted by Gasteiger charge is -2.31. The predicted molar refractivity (Wildman–Crippen MR) is 62.1 cm³/mol. The van der Waals surface area contributed by atoms with Crippen LogP contribution in [-0.2, 0) is 4.79 Å². The van der Waals surface area contributed by atoms with Crippen LogP contribution >= 0.6 is 11.8 Å². The summed E-state index contributed by atoms with van der Waals surface area (Å²) in [6.45, 7) is 0. The fraction of sp³-hybridized carbons (Fsp3) is 0.909. The molecule has 1 saturated heterocycles. The predicted octanol–water partition coefficient (Wildman–Crippen LogP) is 2.22. The van der Waals surface area contributed by atoms with Crippen molar-refractivity contribution in [3.05, 3.63) is 0 Å². The second kappa shape index (κ2) is 4.74. The van der Waals surface area contributed by atoms with Crippen LogP contribution in [0.15, 0.2) is 0 Å². The van der Waals surface area contributed by atoms with Gasteiger partial charge in [-0.2, -0.15) is 0 Å². The third kappa shape index (κ3) is 2.67. The zero-order chi connectivity index (χ0) is 10.7. The molecule has 4 heteroatoms. The van der Waals surface area contributed by atoms with Crippen molar-refractivity contribution in [1.29, 1.82) is 0 Å². The van der Waals surface area contributed by atoms with Crippen LogP contribution < -0.4 is 5.32 Å². The Kier molecular flexibility index (Phi) is 3.57. The quantitative estimate of drug-likeness (QED) is 0.724. The molecule has 0 amide bonds. The molecule has 1 saturated carbocycles. The molecule has 0 aromatic rings. The van der Waals surface area contributed by atoms with Crippen LogP contribution in [-0.4, -0.2) is 27.7 Å². The van der Waals surface area contributed by atoms with Crippen molar-refractivity contribution in [2.45, 2.75) is 55.9 Å². The molecule has 1 atom stereocenters. The number of hydrogen-bond donors (Lipinski definition) is 2. The molecule has 2 fully saturated rings. The first-order chi connectivity index (χ1) is 7.22. The van der Waals surface area contributed by atoms with Gasteiger partial charge in [0.25, 0.3) is 0 Å². The van der Waals surface area contributed by atoms with Crippen molar-refractivity contribution in [3.8, 4) is 0 Å². The van der Waals surface area contributed by atoms with E-state index in [-0.39, 0.29) is 10.9 Å². The van der Waals surface area contributed by atoms with Crippen LogP contribution in [0.5, 0.6) is 0 Å².